The molecule has 1 aliphatic rings. The molecule has 1 saturated heterocycles. The van der Waals surface area contributed by atoms with Crippen molar-refractivity contribution in [2.45, 2.75) is 43.4 Å². The average Bonchev–Trinajstić information content (AvgIpc) is 3.59. The van der Waals surface area contributed by atoms with E-state index in [1.54, 1.807) is 0 Å². The molecule has 0 aliphatic carbocycles. The number of H-pyrrole nitrogens is 1. The van der Waals surface area contributed by atoms with E-state index in [2.05, 4.69) is 15.0 Å². The molecular weight excluding hydrogens is 654 g/mol. The summed E-state index contributed by atoms with van der Waals surface area (Å²) in [7, 11) is 0. The molecule has 0 unspecified atom stereocenters. The van der Waals surface area contributed by atoms with Crippen LogP contribution in [0.15, 0.2) is 166 Å². The third-order valence-corrected chi connectivity index (χ3v) is 9.30. The van der Waals surface area contributed by atoms with Crippen LogP contribution in [0.25, 0.3) is 10.4 Å². The highest BCUT2D eigenvalue weighted by atomic mass is 16.6. The van der Waals surface area contributed by atoms with Crippen molar-refractivity contribution < 1.29 is 14.2 Å². The molecule has 260 valence electrons. The number of hydrogen-bond acceptors (Lipinski definition) is 6. The van der Waals surface area contributed by atoms with Gasteiger partial charge in [-0.1, -0.05) is 139 Å². The standard InChI is InChI=1S/C42H37N5O5/c43-46-45-37-26-39(47-27-32(40(48)44-41(47)49)24-31-16-13-23-36(25-31)50-28-30-14-5-1-6-15-30)52-38(37)29-51-42(33-17-7-2-8-18-33,34-19-9-3-10-20-34)35-21-11-4-12-22-35/h1-23,25,27,37-39H,24,26,28-29H2,(H,44,48,49)/t37-,38-,39-/m1/s1. The first-order valence-corrected chi connectivity index (χ1v) is 17.1. The lowest BCUT2D eigenvalue weighted by atomic mass is 9.80. The molecule has 2 heterocycles. The Kier molecular flexibility index (Phi) is 10.4. The van der Waals surface area contributed by atoms with E-state index in [0.29, 0.717) is 17.9 Å². The summed E-state index contributed by atoms with van der Waals surface area (Å²) in [5, 5.41) is 4.06. The van der Waals surface area contributed by atoms with Crippen molar-refractivity contribution >= 4 is 0 Å². The van der Waals surface area contributed by atoms with Gasteiger partial charge < -0.3 is 14.2 Å². The second-order valence-electron chi connectivity index (χ2n) is 12.6. The molecule has 1 fully saturated rings. The predicted octanol–water partition coefficient (Wildman–Crippen LogP) is 7.68. The normalized spacial score (nSPS) is 17.0. The van der Waals surface area contributed by atoms with Gasteiger partial charge in [-0.2, -0.15) is 0 Å². The Bertz CT molecular complexity index is 2160. The van der Waals surface area contributed by atoms with Gasteiger partial charge in [0.1, 0.15) is 24.2 Å². The summed E-state index contributed by atoms with van der Waals surface area (Å²) >= 11 is 0. The number of rotatable bonds is 13. The van der Waals surface area contributed by atoms with E-state index < -0.39 is 35.2 Å². The summed E-state index contributed by atoms with van der Waals surface area (Å²) in [4.78, 5) is 31.8. The lowest BCUT2D eigenvalue weighted by molar-refractivity contribution is -0.0796. The predicted molar refractivity (Wildman–Crippen MR) is 198 cm³/mol. The second kappa shape index (κ2) is 15.8. The van der Waals surface area contributed by atoms with Crippen LogP contribution in [0.4, 0.5) is 0 Å². The number of aromatic nitrogens is 2. The molecule has 1 aliphatic heterocycles. The quantitative estimate of drug-likeness (QED) is 0.0575. The van der Waals surface area contributed by atoms with Gasteiger partial charge >= 0.3 is 5.69 Å². The van der Waals surface area contributed by atoms with Gasteiger partial charge in [-0.25, -0.2) is 4.79 Å². The van der Waals surface area contributed by atoms with E-state index in [4.69, 9.17) is 14.2 Å². The molecule has 6 aromatic rings. The van der Waals surface area contributed by atoms with Crippen molar-refractivity contribution in [3.63, 3.8) is 0 Å². The molecule has 0 spiro atoms. The fourth-order valence-electron chi connectivity index (χ4n) is 6.77. The van der Waals surface area contributed by atoms with Gasteiger partial charge in [0, 0.05) is 29.5 Å². The Balaban J connectivity index is 1.15. The van der Waals surface area contributed by atoms with Crippen molar-refractivity contribution in [2.24, 2.45) is 5.11 Å². The van der Waals surface area contributed by atoms with Crippen molar-refractivity contribution in [1.29, 1.82) is 0 Å². The van der Waals surface area contributed by atoms with Crippen LogP contribution in [0.2, 0.25) is 0 Å². The van der Waals surface area contributed by atoms with E-state index in [0.717, 1.165) is 27.8 Å². The molecule has 7 rings (SSSR count). The van der Waals surface area contributed by atoms with E-state index in [9.17, 15) is 15.1 Å². The van der Waals surface area contributed by atoms with Crippen LogP contribution >= 0.6 is 0 Å². The van der Waals surface area contributed by atoms with E-state index in [-0.39, 0.29) is 19.4 Å². The van der Waals surface area contributed by atoms with E-state index in [1.807, 2.05) is 146 Å². The Hall–Kier alpha value is -6.19. The first-order chi connectivity index (χ1) is 25.5. The second-order valence-corrected chi connectivity index (χ2v) is 12.6. The topological polar surface area (TPSA) is 131 Å². The largest absolute Gasteiger partial charge is 0.489 e. The molecule has 0 bridgehead atoms. The Morgan fingerprint density at radius 1 is 0.788 bits per heavy atom. The number of benzene rings is 5. The average molecular weight is 692 g/mol. The highest BCUT2D eigenvalue weighted by Gasteiger charge is 2.42. The maximum atomic E-state index is 13.2. The zero-order valence-electron chi connectivity index (χ0n) is 28.3. The first kappa shape index (κ1) is 34.3. The molecule has 1 aromatic heterocycles. The minimum atomic E-state index is -1.02. The molecule has 10 heteroatoms. The van der Waals surface area contributed by atoms with Gasteiger partial charge in [-0.3, -0.25) is 14.3 Å². The van der Waals surface area contributed by atoms with E-state index >= 15 is 0 Å². The number of azide groups is 1. The minimum Gasteiger partial charge on any atom is -0.489 e. The van der Waals surface area contributed by atoms with Gasteiger partial charge in [-0.05, 0) is 45.5 Å². The Morgan fingerprint density at radius 3 is 1.96 bits per heavy atom. The van der Waals surface area contributed by atoms with Crippen molar-refractivity contribution in [2.75, 3.05) is 6.61 Å². The third kappa shape index (κ3) is 7.45. The smallest absolute Gasteiger partial charge is 0.330 e. The summed E-state index contributed by atoms with van der Waals surface area (Å²) in [5.41, 5.74) is 12.4. The summed E-state index contributed by atoms with van der Waals surface area (Å²) in [6, 6.07) is 46.6. The molecule has 0 radical (unpaired) electrons. The molecule has 5 aromatic carbocycles. The molecule has 52 heavy (non-hydrogen) atoms. The van der Waals surface area contributed by atoms with Crippen molar-refractivity contribution in [1.82, 2.24) is 9.55 Å². The van der Waals surface area contributed by atoms with Gasteiger partial charge in [0.25, 0.3) is 5.56 Å². The number of ether oxygens (including phenoxy) is 3. The summed E-state index contributed by atoms with van der Waals surface area (Å²) in [5.74, 6) is 0.669. The number of aromatic amines is 1. The zero-order valence-corrected chi connectivity index (χ0v) is 28.3. The molecule has 0 saturated carbocycles. The first-order valence-electron chi connectivity index (χ1n) is 17.1. The van der Waals surface area contributed by atoms with Gasteiger partial charge in [-0.15, -0.1) is 0 Å². The molecule has 3 atom stereocenters. The molecule has 1 N–H and O–H groups in total. The molecule has 10 nitrogen and oxygen atoms in total. The van der Waals surface area contributed by atoms with Gasteiger partial charge in [0.15, 0.2) is 0 Å². The maximum Gasteiger partial charge on any atom is 0.330 e. The highest BCUT2D eigenvalue weighted by Crippen LogP contribution is 2.42. The van der Waals surface area contributed by atoms with Crippen molar-refractivity contribution in [3.8, 4) is 5.75 Å². The van der Waals surface area contributed by atoms with Gasteiger partial charge in [0.05, 0.1) is 18.8 Å². The fourth-order valence-corrected chi connectivity index (χ4v) is 6.77. The molecule has 0 amide bonds. The SMILES string of the molecule is [N-]=[N+]=N[C@@H]1C[C@H](n2cc(Cc3cccc(OCc4ccccc4)c3)c(=O)[nH]c2=O)O[C@@H]1COC(c1ccccc1)(c1ccccc1)c1ccccc1. The number of nitrogens with zero attached hydrogens (tertiary/aromatic N) is 4. The molecular formula is C42H37N5O5. The van der Waals surface area contributed by atoms with Crippen LogP contribution in [-0.4, -0.2) is 28.3 Å². The van der Waals surface area contributed by atoms with Crippen LogP contribution in [0.3, 0.4) is 0 Å². The number of nitrogens with one attached hydrogen (secondary N) is 1. The Labute approximate surface area is 300 Å². The van der Waals surface area contributed by atoms with E-state index in [1.165, 1.54) is 10.8 Å². The van der Waals surface area contributed by atoms with Crippen LogP contribution in [0, 0.1) is 0 Å². The lowest BCUT2D eigenvalue weighted by Crippen LogP contribution is -2.38. The number of hydrogen-bond donors (Lipinski definition) is 1. The van der Waals surface area contributed by atoms with Crippen LogP contribution < -0.4 is 16.0 Å². The van der Waals surface area contributed by atoms with Crippen molar-refractivity contribution in [3.05, 3.63) is 216 Å². The summed E-state index contributed by atoms with van der Waals surface area (Å²) in [6.45, 7) is 0.453. The third-order valence-electron chi connectivity index (χ3n) is 9.30. The zero-order chi connectivity index (χ0) is 35.8. The highest BCUT2D eigenvalue weighted by molar-refractivity contribution is 5.47. The minimum absolute atomic E-state index is 0.0413. The Morgan fingerprint density at radius 2 is 1.37 bits per heavy atom. The summed E-state index contributed by atoms with van der Waals surface area (Å²) < 4.78 is 20.8. The van der Waals surface area contributed by atoms with Gasteiger partial charge in [0.2, 0.25) is 0 Å². The fraction of sp³-hybridized carbons (Fsp3) is 0.190. The maximum absolute atomic E-state index is 13.2. The lowest BCUT2D eigenvalue weighted by Gasteiger charge is -2.37. The van der Waals surface area contributed by atoms with Crippen LogP contribution in [-0.2, 0) is 28.1 Å². The van der Waals surface area contributed by atoms with Crippen LogP contribution in [0.5, 0.6) is 5.75 Å². The monoisotopic (exact) mass is 691 g/mol. The van der Waals surface area contributed by atoms with Crippen LogP contribution in [0.1, 0.15) is 46.0 Å². The summed E-state index contributed by atoms with van der Waals surface area (Å²) in [6.07, 6.45) is 0.484.